The summed E-state index contributed by atoms with van der Waals surface area (Å²) >= 11 is 3.43. The Balaban J connectivity index is 2.58. The molecule has 0 radical (unpaired) electrons. The Morgan fingerprint density at radius 2 is 2.33 bits per heavy atom. The van der Waals surface area contributed by atoms with Gasteiger partial charge in [-0.05, 0) is 37.5 Å². The number of anilines is 1. The van der Waals surface area contributed by atoms with Crippen LogP contribution in [0.5, 0.6) is 0 Å². The Bertz CT molecular complexity index is 311. The summed E-state index contributed by atoms with van der Waals surface area (Å²) in [5.74, 6) is 1.18. The lowest BCUT2D eigenvalue weighted by molar-refractivity contribution is 0.112. The van der Waals surface area contributed by atoms with Crippen LogP contribution < -0.4 is 4.90 Å². The quantitative estimate of drug-likeness (QED) is 0.716. The molecule has 0 amide bonds. The second-order valence-corrected chi connectivity index (χ2v) is 5.61. The minimum atomic E-state index is 0.524. The number of thiophene rings is 1. The lowest BCUT2D eigenvalue weighted by Crippen LogP contribution is -2.28. The van der Waals surface area contributed by atoms with E-state index in [1.54, 1.807) is 11.3 Å². The molecule has 0 N–H and O–H groups in total. The van der Waals surface area contributed by atoms with Gasteiger partial charge in [0.2, 0.25) is 0 Å². The Hall–Kier alpha value is -0.480. The number of hydrogen-bond acceptors (Lipinski definition) is 4. The van der Waals surface area contributed by atoms with E-state index >= 15 is 0 Å². The Labute approximate surface area is 99.7 Å². The van der Waals surface area contributed by atoms with E-state index in [2.05, 4.69) is 25.1 Å². The lowest BCUT2D eigenvalue weighted by Gasteiger charge is -2.25. The van der Waals surface area contributed by atoms with Gasteiger partial charge in [-0.1, -0.05) is 0 Å². The summed E-state index contributed by atoms with van der Waals surface area (Å²) in [5, 5.41) is 1.17. The van der Waals surface area contributed by atoms with Crippen LogP contribution in [0.1, 0.15) is 23.0 Å². The summed E-state index contributed by atoms with van der Waals surface area (Å²) in [4.78, 5) is 13.6. The van der Waals surface area contributed by atoms with Crippen molar-refractivity contribution >= 4 is 34.4 Å². The maximum atomic E-state index is 10.6. The minimum absolute atomic E-state index is 0.524. The first-order chi connectivity index (χ1) is 7.19. The molecule has 0 bridgehead atoms. The van der Waals surface area contributed by atoms with Gasteiger partial charge < -0.3 is 4.90 Å². The van der Waals surface area contributed by atoms with E-state index < -0.39 is 0 Å². The topological polar surface area (TPSA) is 20.3 Å². The van der Waals surface area contributed by atoms with Crippen LogP contribution in [0.15, 0.2) is 12.1 Å². The molecule has 84 valence electrons. The molecule has 0 aliphatic rings. The van der Waals surface area contributed by atoms with Crippen LogP contribution in [0.4, 0.5) is 5.00 Å². The zero-order valence-corrected chi connectivity index (χ0v) is 11.0. The van der Waals surface area contributed by atoms with Crippen LogP contribution >= 0.6 is 23.1 Å². The van der Waals surface area contributed by atoms with Crippen LogP contribution in [-0.4, -0.2) is 31.4 Å². The average Bonchev–Trinajstić information content (AvgIpc) is 2.73. The molecule has 2 nitrogen and oxygen atoms in total. The van der Waals surface area contributed by atoms with E-state index in [1.807, 2.05) is 23.9 Å². The third-order valence-electron chi connectivity index (χ3n) is 2.48. The summed E-state index contributed by atoms with van der Waals surface area (Å²) < 4.78 is 0. The lowest BCUT2D eigenvalue weighted by atomic mass is 10.2. The van der Waals surface area contributed by atoms with Crippen molar-refractivity contribution < 1.29 is 4.79 Å². The molecule has 0 aliphatic heterocycles. The Kier molecular flexibility index (Phi) is 5.19. The average molecular weight is 243 g/mol. The molecule has 0 aromatic carbocycles. The van der Waals surface area contributed by atoms with Crippen molar-refractivity contribution in [2.75, 3.05) is 24.0 Å². The zero-order valence-electron chi connectivity index (χ0n) is 9.40. The van der Waals surface area contributed by atoms with Gasteiger partial charge in [0.15, 0.2) is 6.29 Å². The molecule has 0 fully saturated rings. The second kappa shape index (κ2) is 6.18. The number of aldehydes is 1. The first kappa shape index (κ1) is 12.6. The van der Waals surface area contributed by atoms with Crippen molar-refractivity contribution in [1.29, 1.82) is 0 Å². The molecular formula is C11H17NOS2. The van der Waals surface area contributed by atoms with Gasteiger partial charge in [0, 0.05) is 13.1 Å². The fourth-order valence-corrected chi connectivity index (χ4v) is 2.76. The highest BCUT2D eigenvalue weighted by Crippen LogP contribution is 2.26. The van der Waals surface area contributed by atoms with Gasteiger partial charge >= 0.3 is 0 Å². The molecule has 0 aliphatic carbocycles. The van der Waals surface area contributed by atoms with Gasteiger partial charge in [0.25, 0.3) is 0 Å². The third kappa shape index (κ3) is 3.54. The molecule has 4 heteroatoms. The van der Waals surface area contributed by atoms with E-state index in [0.29, 0.717) is 6.04 Å². The normalized spacial score (nSPS) is 12.5. The molecule has 1 aromatic rings. The van der Waals surface area contributed by atoms with Crippen molar-refractivity contribution in [2.24, 2.45) is 0 Å². The highest BCUT2D eigenvalue weighted by atomic mass is 32.2. The number of carbonyl (C=O) groups excluding carboxylic acids is 1. The molecular weight excluding hydrogens is 226 g/mol. The summed E-state index contributed by atoms with van der Waals surface area (Å²) in [5.41, 5.74) is 0. The zero-order chi connectivity index (χ0) is 11.3. The van der Waals surface area contributed by atoms with Crippen molar-refractivity contribution in [2.45, 2.75) is 19.4 Å². The van der Waals surface area contributed by atoms with Crippen molar-refractivity contribution in [3.8, 4) is 0 Å². The van der Waals surface area contributed by atoms with Gasteiger partial charge in [-0.15, -0.1) is 11.3 Å². The monoisotopic (exact) mass is 243 g/mol. The molecule has 0 spiro atoms. The van der Waals surface area contributed by atoms with Crippen LogP contribution in [0, 0.1) is 0 Å². The van der Waals surface area contributed by atoms with E-state index in [9.17, 15) is 4.79 Å². The third-order valence-corrected chi connectivity index (χ3v) is 4.22. The predicted molar refractivity (Wildman–Crippen MR) is 70.6 cm³/mol. The van der Waals surface area contributed by atoms with Crippen LogP contribution in [-0.2, 0) is 0 Å². The molecule has 1 atom stereocenters. The number of thioether (sulfide) groups is 1. The predicted octanol–water partition coefficient (Wildman–Crippen LogP) is 3.14. The van der Waals surface area contributed by atoms with Crippen LogP contribution in [0.3, 0.4) is 0 Å². The minimum Gasteiger partial charge on any atom is -0.364 e. The summed E-state index contributed by atoms with van der Waals surface area (Å²) in [6.07, 6.45) is 4.21. The molecule has 15 heavy (non-hydrogen) atoms. The van der Waals surface area contributed by atoms with Crippen molar-refractivity contribution in [3.05, 3.63) is 17.0 Å². The Morgan fingerprint density at radius 3 is 2.87 bits per heavy atom. The highest BCUT2D eigenvalue weighted by molar-refractivity contribution is 7.98. The van der Waals surface area contributed by atoms with Gasteiger partial charge in [0.05, 0.1) is 9.88 Å². The van der Waals surface area contributed by atoms with Gasteiger partial charge in [0.1, 0.15) is 0 Å². The Morgan fingerprint density at radius 1 is 1.60 bits per heavy atom. The summed E-state index contributed by atoms with van der Waals surface area (Å²) in [7, 11) is 2.09. The maximum Gasteiger partial charge on any atom is 0.160 e. The molecule has 0 saturated carbocycles. The molecule has 1 rings (SSSR count). The maximum absolute atomic E-state index is 10.6. The second-order valence-electron chi connectivity index (χ2n) is 3.54. The standard InChI is InChI=1S/C11H17NOS2/c1-9(6-7-14-3)12(2)11-5-4-10(8-13)15-11/h4-5,8-9H,6-7H2,1-3H3. The fourth-order valence-electron chi connectivity index (χ4n) is 1.29. The highest BCUT2D eigenvalue weighted by Gasteiger charge is 2.11. The van der Waals surface area contributed by atoms with Gasteiger partial charge in [-0.3, -0.25) is 4.79 Å². The molecule has 1 unspecified atom stereocenters. The molecule has 1 aromatic heterocycles. The van der Waals surface area contributed by atoms with E-state index in [-0.39, 0.29) is 0 Å². The first-order valence-electron chi connectivity index (χ1n) is 4.95. The SMILES string of the molecule is CSCCC(C)N(C)c1ccc(C=O)s1. The van der Waals surface area contributed by atoms with Crippen LogP contribution in [0.2, 0.25) is 0 Å². The molecule has 1 heterocycles. The number of nitrogens with zero attached hydrogens (tertiary/aromatic N) is 1. The smallest absolute Gasteiger partial charge is 0.160 e. The first-order valence-corrected chi connectivity index (χ1v) is 7.17. The summed E-state index contributed by atoms with van der Waals surface area (Å²) in [6, 6.07) is 4.42. The fraction of sp³-hybridized carbons (Fsp3) is 0.545. The van der Waals surface area contributed by atoms with Gasteiger partial charge in [-0.2, -0.15) is 11.8 Å². The largest absolute Gasteiger partial charge is 0.364 e. The summed E-state index contributed by atoms with van der Waals surface area (Å²) in [6.45, 7) is 2.22. The number of hydrogen-bond donors (Lipinski definition) is 0. The van der Waals surface area contributed by atoms with Crippen LogP contribution in [0.25, 0.3) is 0 Å². The van der Waals surface area contributed by atoms with E-state index in [4.69, 9.17) is 0 Å². The van der Waals surface area contributed by atoms with Crippen molar-refractivity contribution in [1.82, 2.24) is 0 Å². The van der Waals surface area contributed by atoms with E-state index in [0.717, 1.165) is 11.2 Å². The van der Waals surface area contributed by atoms with Gasteiger partial charge in [-0.25, -0.2) is 0 Å². The van der Waals surface area contributed by atoms with Crippen molar-refractivity contribution in [3.63, 3.8) is 0 Å². The van der Waals surface area contributed by atoms with E-state index in [1.165, 1.54) is 17.2 Å². The number of carbonyl (C=O) groups is 1. The molecule has 0 saturated heterocycles. The number of rotatable bonds is 6.